The number of amides is 2. The Hall–Kier alpha value is -3.17. The Morgan fingerprint density at radius 3 is 2.39 bits per heavy atom. The summed E-state index contributed by atoms with van der Waals surface area (Å²) in [5.41, 5.74) is 0.925. The Kier molecular flexibility index (Phi) is 13.3. The molecule has 0 aliphatic carbocycles. The van der Waals surface area contributed by atoms with E-state index in [0.717, 1.165) is 24.8 Å². The monoisotopic (exact) mass is 504 g/mol. The van der Waals surface area contributed by atoms with Crippen molar-refractivity contribution in [3.8, 4) is 5.75 Å². The summed E-state index contributed by atoms with van der Waals surface area (Å²) >= 11 is 0. The molecule has 2 rings (SSSR count). The van der Waals surface area contributed by atoms with E-state index in [0.29, 0.717) is 32.1 Å². The normalized spacial score (nSPS) is 11.6. The van der Waals surface area contributed by atoms with E-state index in [1.807, 2.05) is 0 Å². The third kappa shape index (κ3) is 10.6. The molecule has 0 aromatic heterocycles. The molecule has 0 saturated heterocycles. The Labute approximate surface area is 212 Å². The van der Waals surface area contributed by atoms with Crippen molar-refractivity contribution in [2.75, 3.05) is 44.8 Å². The number of nitrogens with zero attached hydrogens (tertiary/aromatic N) is 1. The van der Waals surface area contributed by atoms with Gasteiger partial charge in [-0.1, -0.05) is 44.0 Å². The minimum Gasteiger partial charge on any atom is -0.492 e. The van der Waals surface area contributed by atoms with Crippen LogP contribution in [-0.4, -0.2) is 67.6 Å². The number of hydrogen-bond donors (Lipinski definition) is 2. The van der Waals surface area contributed by atoms with E-state index in [2.05, 4.69) is 12.2 Å². The SMILES string of the molecule is CCCCCOCCN(CCOc1ccc(CC(OCC)C(=O)O)cc1)C(=O)Nc1ccccc1F. The van der Waals surface area contributed by atoms with Crippen LogP contribution >= 0.6 is 0 Å². The number of carbonyl (C=O) groups excluding carboxylic acids is 1. The lowest BCUT2D eigenvalue weighted by atomic mass is 10.1. The van der Waals surface area contributed by atoms with Gasteiger partial charge in [0, 0.05) is 26.2 Å². The summed E-state index contributed by atoms with van der Waals surface area (Å²) in [4.78, 5) is 25.6. The highest BCUT2D eigenvalue weighted by Crippen LogP contribution is 2.16. The standard InChI is InChI=1S/C27H37FN2O6/c1-3-5-8-17-34-18-15-30(27(33)29-24-10-7-6-9-23(24)28)16-19-36-22-13-11-21(12-14-22)20-25(26(31)32)35-4-2/h6-7,9-14,25H,3-5,8,15-20H2,1-2H3,(H,29,33)(H,31,32). The zero-order chi connectivity index (χ0) is 26.2. The molecule has 2 aromatic carbocycles. The molecule has 8 nitrogen and oxygen atoms in total. The van der Waals surface area contributed by atoms with Crippen molar-refractivity contribution in [1.29, 1.82) is 0 Å². The van der Waals surface area contributed by atoms with Crippen LogP contribution in [0.5, 0.6) is 5.75 Å². The van der Waals surface area contributed by atoms with Crippen molar-refractivity contribution >= 4 is 17.7 Å². The van der Waals surface area contributed by atoms with Crippen molar-refractivity contribution < 1.29 is 33.3 Å². The minimum atomic E-state index is -1.000. The Balaban J connectivity index is 1.90. The smallest absolute Gasteiger partial charge is 0.333 e. The molecule has 0 aliphatic heterocycles. The average molecular weight is 505 g/mol. The maximum Gasteiger partial charge on any atom is 0.333 e. The summed E-state index contributed by atoms with van der Waals surface area (Å²) in [6.45, 7) is 6.02. The lowest BCUT2D eigenvalue weighted by Crippen LogP contribution is -2.40. The highest BCUT2D eigenvalue weighted by atomic mass is 19.1. The number of carboxylic acid groups (broad SMARTS) is 1. The molecule has 198 valence electrons. The molecule has 1 unspecified atom stereocenters. The van der Waals surface area contributed by atoms with Crippen LogP contribution in [0, 0.1) is 5.82 Å². The summed E-state index contributed by atoms with van der Waals surface area (Å²) in [5, 5.41) is 11.8. The Bertz CT molecular complexity index is 925. The molecule has 0 spiro atoms. The first-order chi connectivity index (χ1) is 17.4. The molecule has 2 N–H and O–H groups in total. The van der Waals surface area contributed by atoms with Gasteiger partial charge in [0.25, 0.3) is 0 Å². The van der Waals surface area contributed by atoms with Crippen molar-refractivity contribution in [3.05, 3.63) is 59.9 Å². The van der Waals surface area contributed by atoms with Crippen molar-refractivity contribution in [2.45, 2.75) is 45.6 Å². The largest absolute Gasteiger partial charge is 0.492 e. The molecule has 36 heavy (non-hydrogen) atoms. The molecule has 0 radical (unpaired) electrons. The number of hydrogen-bond acceptors (Lipinski definition) is 5. The molecular weight excluding hydrogens is 467 g/mol. The fraction of sp³-hybridized carbons (Fsp3) is 0.481. The van der Waals surface area contributed by atoms with Crippen LogP contribution in [0.2, 0.25) is 0 Å². The predicted octanol–water partition coefficient (Wildman–Crippen LogP) is 4.98. The molecule has 9 heteroatoms. The van der Waals surface area contributed by atoms with E-state index in [1.54, 1.807) is 43.3 Å². The Morgan fingerprint density at radius 2 is 1.72 bits per heavy atom. The Morgan fingerprint density at radius 1 is 1.00 bits per heavy atom. The summed E-state index contributed by atoms with van der Waals surface area (Å²) in [6, 6.07) is 12.6. The number of urea groups is 1. The highest BCUT2D eigenvalue weighted by molar-refractivity contribution is 5.89. The molecule has 0 fully saturated rings. The van der Waals surface area contributed by atoms with Crippen molar-refractivity contribution in [1.82, 2.24) is 4.90 Å². The molecule has 1 atom stereocenters. The van der Waals surface area contributed by atoms with E-state index >= 15 is 0 Å². The summed E-state index contributed by atoms with van der Waals surface area (Å²) in [5.74, 6) is -0.917. The maximum absolute atomic E-state index is 14.0. The van der Waals surface area contributed by atoms with Gasteiger partial charge >= 0.3 is 12.0 Å². The fourth-order valence-electron chi connectivity index (χ4n) is 3.43. The van der Waals surface area contributed by atoms with Gasteiger partial charge in [0.1, 0.15) is 18.2 Å². The first-order valence-corrected chi connectivity index (χ1v) is 12.4. The van der Waals surface area contributed by atoms with Crippen LogP contribution in [0.1, 0.15) is 38.7 Å². The second-order valence-electron chi connectivity index (χ2n) is 8.20. The van der Waals surface area contributed by atoms with Gasteiger partial charge in [-0.3, -0.25) is 0 Å². The molecular formula is C27H37FN2O6. The van der Waals surface area contributed by atoms with Crippen LogP contribution in [0.4, 0.5) is 14.9 Å². The van der Waals surface area contributed by atoms with Gasteiger partial charge in [-0.25, -0.2) is 14.0 Å². The number of aliphatic carboxylic acids is 1. The van der Waals surface area contributed by atoms with Gasteiger partial charge in [-0.15, -0.1) is 0 Å². The summed E-state index contributed by atoms with van der Waals surface area (Å²) < 4.78 is 30.7. The number of para-hydroxylation sites is 1. The number of unbranched alkanes of at least 4 members (excludes halogenated alkanes) is 2. The van der Waals surface area contributed by atoms with Crippen LogP contribution in [0.15, 0.2) is 48.5 Å². The van der Waals surface area contributed by atoms with Crippen LogP contribution in [-0.2, 0) is 20.7 Å². The minimum absolute atomic E-state index is 0.111. The lowest BCUT2D eigenvalue weighted by molar-refractivity contribution is -0.149. The summed E-state index contributed by atoms with van der Waals surface area (Å²) in [6.07, 6.45) is 2.52. The van der Waals surface area contributed by atoms with Gasteiger partial charge in [0.15, 0.2) is 6.10 Å². The first-order valence-electron chi connectivity index (χ1n) is 12.4. The number of rotatable bonds is 17. The second-order valence-corrected chi connectivity index (χ2v) is 8.20. The van der Waals surface area contributed by atoms with Crippen LogP contribution in [0.25, 0.3) is 0 Å². The number of halogens is 1. The van der Waals surface area contributed by atoms with E-state index in [1.165, 1.54) is 17.0 Å². The van der Waals surface area contributed by atoms with E-state index in [4.69, 9.17) is 14.2 Å². The van der Waals surface area contributed by atoms with Crippen molar-refractivity contribution in [3.63, 3.8) is 0 Å². The van der Waals surface area contributed by atoms with Crippen LogP contribution < -0.4 is 10.1 Å². The highest BCUT2D eigenvalue weighted by Gasteiger charge is 2.18. The maximum atomic E-state index is 14.0. The second kappa shape index (κ2) is 16.5. The topological polar surface area (TPSA) is 97.3 Å². The zero-order valence-corrected chi connectivity index (χ0v) is 21.1. The van der Waals surface area contributed by atoms with Gasteiger partial charge in [-0.05, 0) is 43.2 Å². The van der Waals surface area contributed by atoms with E-state index in [9.17, 15) is 19.1 Å². The average Bonchev–Trinajstić information content (AvgIpc) is 2.87. The number of nitrogens with one attached hydrogen (secondary N) is 1. The number of benzene rings is 2. The predicted molar refractivity (Wildman–Crippen MR) is 136 cm³/mol. The molecule has 0 aliphatic rings. The molecule has 0 saturated carbocycles. The number of carbonyl (C=O) groups is 2. The van der Waals surface area contributed by atoms with Gasteiger partial charge in [0.2, 0.25) is 0 Å². The fourth-order valence-corrected chi connectivity index (χ4v) is 3.43. The number of carboxylic acids is 1. The number of ether oxygens (including phenoxy) is 3. The molecule has 0 heterocycles. The zero-order valence-electron chi connectivity index (χ0n) is 21.1. The van der Waals surface area contributed by atoms with Gasteiger partial charge in [0.05, 0.1) is 18.8 Å². The molecule has 0 bridgehead atoms. The van der Waals surface area contributed by atoms with Gasteiger partial charge < -0.3 is 29.5 Å². The molecule has 2 amide bonds. The quantitative estimate of drug-likeness (QED) is 0.295. The van der Waals surface area contributed by atoms with Gasteiger partial charge in [-0.2, -0.15) is 0 Å². The third-order valence-corrected chi connectivity index (χ3v) is 5.42. The van der Waals surface area contributed by atoms with Crippen LogP contribution in [0.3, 0.4) is 0 Å². The molecule has 2 aromatic rings. The summed E-state index contributed by atoms with van der Waals surface area (Å²) in [7, 11) is 0. The van der Waals surface area contributed by atoms with E-state index in [-0.39, 0.29) is 25.3 Å². The third-order valence-electron chi connectivity index (χ3n) is 5.42. The van der Waals surface area contributed by atoms with E-state index < -0.39 is 23.9 Å². The first kappa shape index (κ1) is 29.1. The van der Waals surface area contributed by atoms with Crippen molar-refractivity contribution in [2.24, 2.45) is 0 Å². The number of anilines is 1. The lowest BCUT2D eigenvalue weighted by Gasteiger charge is -2.23.